The van der Waals surface area contributed by atoms with Gasteiger partial charge >= 0.3 is 0 Å². The molecule has 0 bridgehead atoms. The molecular formula is C16H19N3O. The number of nitrogens with one attached hydrogen (secondary N) is 1. The Bertz CT molecular complexity index is 569. The topological polar surface area (TPSA) is 68.0 Å². The summed E-state index contributed by atoms with van der Waals surface area (Å²) in [6.45, 7) is 2.01. The minimum atomic E-state index is -0.111. The molecule has 4 heteroatoms. The molecule has 1 unspecified atom stereocenters. The van der Waals surface area contributed by atoms with Gasteiger partial charge < -0.3 is 11.1 Å². The fourth-order valence-electron chi connectivity index (χ4n) is 2.00. The average molecular weight is 269 g/mol. The van der Waals surface area contributed by atoms with Crippen LogP contribution in [0, 0.1) is 0 Å². The van der Waals surface area contributed by atoms with E-state index in [0.29, 0.717) is 11.4 Å². The Kier molecular flexibility index (Phi) is 4.71. The molecule has 0 spiro atoms. The van der Waals surface area contributed by atoms with Crippen LogP contribution in [0.1, 0.15) is 29.3 Å². The number of pyridine rings is 1. The van der Waals surface area contributed by atoms with Crippen molar-refractivity contribution in [1.29, 1.82) is 0 Å². The van der Waals surface area contributed by atoms with Crippen molar-refractivity contribution in [3.63, 3.8) is 0 Å². The lowest BCUT2D eigenvalue weighted by molar-refractivity contribution is 0.0938. The third-order valence-corrected chi connectivity index (χ3v) is 3.13. The van der Waals surface area contributed by atoms with Gasteiger partial charge in [0.05, 0.1) is 0 Å². The van der Waals surface area contributed by atoms with Crippen molar-refractivity contribution in [2.45, 2.75) is 25.8 Å². The minimum Gasteiger partial charge on any atom is -0.384 e. The molecule has 0 aliphatic carbocycles. The summed E-state index contributed by atoms with van der Waals surface area (Å²) in [7, 11) is 0. The van der Waals surface area contributed by atoms with Crippen molar-refractivity contribution in [2.24, 2.45) is 0 Å². The van der Waals surface area contributed by atoms with Gasteiger partial charge in [-0.25, -0.2) is 4.98 Å². The summed E-state index contributed by atoms with van der Waals surface area (Å²) >= 11 is 0. The highest BCUT2D eigenvalue weighted by atomic mass is 16.1. The summed E-state index contributed by atoms with van der Waals surface area (Å²) in [4.78, 5) is 15.9. The summed E-state index contributed by atoms with van der Waals surface area (Å²) in [6, 6.07) is 13.6. The first-order valence-corrected chi connectivity index (χ1v) is 6.71. The highest BCUT2D eigenvalue weighted by molar-refractivity contribution is 5.94. The number of benzene rings is 1. The van der Waals surface area contributed by atoms with Crippen LogP contribution in [0.5, 0.6) is 0 Å². The third kappa shape index (κ3) is 4.09. The molecule has 2 aromatic rings. The summed E-state index contributed by atoms with van der Waals surface area (Å²) in [6.07, 6.45) is 3.38. The SMILES string of the molecule is CC(CCc1ccccc1)NC(=O)c1ccnc(N)c1. The van der Waals surface area contributed by atoms with Crippen molar-refractivity contribution in [3.05, 3.63) is 59.8 Å². The summed E-state index contributed by atoms with van der Waals surface area (Å²) in [5.41, 5.74) is 7.40. The first kappa shape index (κ1) is 14.1. The molecule has 0 saturated carbocycles. The Morgan fingerprint density at radius 2 is 2.05 bits per heavy atom. The van der Waals surface area contributed by atoms with Crippen LogP contribution < -0.4 is 11.1 Å². The molecule has 2 rings (SSSR count). The van der Waals surface area contributed by atoms with Gasteiger partial charge in [-0.2, -0.15) is 0 Å². The number of nitrogens with zero attached hydrogens (tertiary/aromatic N) is 1. The zero-order valence-corrected chi connectivity index (χ0v) is 11.5. The van der Waals surface area contributed by atoms with Gasteiger partial charge in [-0.05, 0) is 37.5 Å². The Morgan fingerprint density at radius 1 is 1.30 bits per heavy atom. The monoisotopic (exact) mass is 269 g/mol. The van der Waals surface area contributed by atoms with Crippen LogP contribution >= 0.6 is 0 Å². The van der Waals surface area contributed by atoms with Crippen molar-refractivity contribution < 1.29 is 4.79 Å². The Hall–Kier alpha value is -2.36. The standard InChI is InChI=1S/C16H19N3O/c1-12(7-8-13-5-3-2-4-6-13)19-16(20)14-9-10-18-15(17)11-14/h2-6,9-12H,7-8H2,1H3,(H2,17,18)(H,19,20). The predicted molar refractivity (Wildman–Crippen MR) is 80.3 cm³/mol. The van der Waals surface area contributed by atoms with Crippen molar-refractivity contribution in [2.75, 3.05) is 5.73 Å². The van der Waals surface area contributed by atoms with E-state index in [-0.39, 0.29) is 11.9 Å². The van der Waals surface area contributed by atoms with Crippen LogP contribution in [0.25, 0.3) is 0 Å². The number of nitrogen functional groups attached to an aromatic ring is 1. The van der Waals surface area contributed by atoms with Crippen LogP contribution in [-0.2, 0) is 6.42 Å². The second-order valence-electron chi connectivity index (χ2n) is 4.87. The van der Waals surface area contributed by atoms with Gasteiger partial charge in [0.2, 0.25) is 0 Å². The molecule has 3 N–H and O–H groups in total. The van der Waals surface area contributed by atoms with Gasteiger partial charge in [-0.1, -0.05) is 30.3 Å². The maximum absolute atomic E-state index is 12.0. The van der Waals surface area contributed by atoms with Gasteiger partial charge in [0.25, 0.3) is 5.91 Å². The Balaban J connectivity index is 1.85. The lowest BCUT2D eigenvalue weighted by Gasteiger charge is -2.14. The molecule has 0 aliphatic heterocycles. The minimum absolute atomic E-state index is 0.108. The van der Waals surface area contributed by atoms with E-state index in [1.165, 1.54) is 5.56 Å². The van der Waals surface area contributed by atoms with E-state index < -0.39 is 0 Å². The molecule has 1 amide bonds. The van der Waals surface area contributed by atoms with E-state index in [9.17, 15) is 4.79 Å². The number of aromatic nitrogens is 1. The fraction of sp³-hybridized carbons (Fsp3) is 0.250. The molecule has 1 aromatic carbocycles. The Morgan fingerprint density at radius 3 is 2.75 bits per heavy atom. The zero-order valence-electron chi connectivity index (χ0n) is 11.5. The molecule has 0 fully saturated rings. The molecule has 20 heavy (non-hydrogen) atoms. The number of rotatable bonds is 5. The normalized spacial score (nSPS) is 11.8. The van der Waals surface area contributed by atoms with E-state index in [1.54, 1.807) is 18.3 Å². The van der Waals surface area contributed by atoms with Gasteiger partial charge in [-0.3, -0.25) is 4.79 Å². The molecule has 104 valence electrons. The molecule has 1 atom stereocenters. The van der Waals surface area contributed by atoms with Crippen molar-refractivity contribution in [1.82, 2.24) is 10.3 Å². The highest BCUT2D eigenvalue weighted by Crippen LogP contribution is 2.07. The maximum atomic E-state index is 12.0. The van der Waals surface area contributed by atoms with Crippen molar-refractivity contribution >= 4 is 11.7 Å². The van der Waals surface area contributed by atoms with Gasteiger partial charge in [-0.15, -0.1) is 0 Å². The first-order valence-electron chi connectivity index (χ1n) is 6.71. The fourth-order valence-corrected chi connectivity index (χ4v) is 2.00. The average Bonchev–Trinajstić information content (AvgIpc) is 2.46. The Labute approximate surface area is 119 Å². The van der Waals surface area contributed by atoms with Crippen molar-refractivity contribution in [3.8, 4) is 0 Å². The number of carbonyl (C=O) groups is 1. The van der Waals surface area contributed by atoms with E-state index in [0.717, 1.165) is 12.8 Å². The number of hydrogen-bond acceptors (Lipinski definition) is 3. The lowest BCUT2D eigenvalue weighted by Crippen LogP contribution is -2.32. The number of anilines is 1. The van der Waals surface area contributed by atoms with Crippen LogP contribution in [-0.4, -0.2) is 16.9 Å². The summed E-state index contributed by atoms with van der Waals surface area (Å²) in [5.74, 6) is 0.245. The smallest absolute Gasteiger partial charge is 0.251 e. The van der Waals surface area contributed by atoms with Crippen LogP contribution in [0.3, 0.4) is 0 Å². The molecular weight excluding hydrogens is 250 g/mol. The second-order valence-corrected chi connectivity index (χ2v) is 4.87. The van der Waals surface area contributed by atoms with Gasteiger partial charge in [0, 0.05) is 17.8 Å². The van der Waals surface area contributed by atoms with E-state index in [4.69, 9.17) is 5.73 Å². The number of hydrogen-bond donors (Lipinski definition) is 2. The largest absolute Gasteiger partial charge is 0.384 e. The van der Waals surface area contributed by atoms with E-state index in [2.05, 4.69) is 22.4 Å². The summed E-state index contributed by atoms with van der Waals surface area (Å²) < 4.78 is 0. The van der Waals surface area contributed by atoms with E-state index in [1.807, 2.05) is 25.1 Å². The highest BCUT2D eigenvalue weighted by Gasteiger charge is 2.10. The molecule has 0 radical (unpaired) electrons. The lowest BCUT2D eigenvalue weighted by atomic mass is 10.1. The van der Waals surface area contributed by atoms with E-state index >= 15 is 0 Å². The van der Waals surface area contributed by atoms with Gasteiger partial charge in [0.1, 0.15) is 5.82 Å². The first-order chi connectivity index (χ1) is 9.65. The quantitative estimate of drug-likeness (QED) is 0.876. The molecule has 4 nitrogen and oxygen atoms in total. The zero-order chi connectivity index (χ0) is 14.4. The van der Waals surface area contributed by atoms with Gasteiger partial charge in [0.15, 0.2) is 0 Å². The predicted octanol–water partition coefficient (Wildman–Crippen LogP) is 2.41. The second kappa shape index (κ2) is 6.70. The number of amides is 1. The van der Waals surface area contributed by atoms with Crippen LogP contribution in [0.15, 0.2) is 48.7 Å². The summed E-state index contributed by atoms with van der Waals surface area (Å²) in [5, 5.41) is 2.97. The van der Waals surface area contributed by atoms with Crippen LogP contribution in [0.2, 0.25) is 0 Å². The molecule has 0 saturated heterocycles. The number of nitrogens with two attached hydrogens (primary N) is 1. The third-order valence-electron chi connectivity index (χ3n) is 3.13. The number of carbonyl (C=O) groups excluding carboxylic acids is 1. The maximum Gasteiger partial charge on any atom is 0.251 e. The van der Waals surface area contributed by atoms with Crippen LogP contribution in [0.4, 0.5) is 5.82 Å². The molecule has 1 aromatic heterocycles. The molecule has 1 heterocycles. The number of aryl methyl sites for hydroxylation is 1. The molecule has 0 aliphatic rings.